The van der Waals surface area contributed by atoms with Gasteiger partial charge in [-0.3, -0.25) is 9.48 Å². The molecule has 3 aromatic heterocycles. The first kappa shape index (κ1) is 14.0. The molecule has 3 heterocycles. The summed E-state index contributed by atoms with van der Waals surface area (Å²) in [6, 6.07) is 5.19. The van der Waals surface area contributed by atoms with Crippen molar-refractivity contribution in [1.29, 1.82) is 0 Å². The molecule has 0 bridgehead atoms. The van der Waals surface area contributed by atoms with E-state index in [9.17, 15) is 4.79 Å². The van der Waals surface area contributed by atoms with Crippen LogP contribution >= 0.6 is 0 Å². The molecule has 0 saturated heterocycles. The number of fused-ring (bicyclic) bond motifs is 1. The third-order valence-electron chi connectivity index (χ3n) is 3.33. The summed E-state index contributed by atoms with van der Waals surface area (Å²) in [6.45, 7) is 1.90. The summed E-state index contributed by atoms with van der Waals surface area (Å²) in [4.78, 5) is 20.7. The van der Waals surface area contributed by atoms with Crippen LogP contribution in [0.2, 0.25) is 0 Å². The van der Waals surface area contributed by atoms with Gasteiger partial charge in [0.05, 0.1) is 24.7 Å². The Morgan fingerprint density at radius 2 is 2.18 bits per heavy atom. The van der Waals surface area contributed by atoms with Gasteiger partial charge in [-0.25, -0.2) is 9.97 Å². The van der Waals surface area contributed by atoms with Gasteiger partial charge in [-0.15, -0.1) is 0 Å². The van der Waals surface area contributed by atoms with Crippen molar-refractivity contribution in [3.05, 3.63) is 41.9 Å². The van der Waals surface area contributed by atoms with E-state index < -0.39 is 0 Å². The van der Waals surface area contributed by atoms with Crippen LogP contribution in [0.15, 0.2) is 30.6 Å². The zero-order valence-electron chi connectivity index (χ0n) is 12.5. The standard InChI is InChI=1S/C15H15N5O2/c1-9-12-7-10(8-17-13(12)20(2)19-9)18-14(21)11-5-4-6-16-15(11)22-3/h4-8H,1-3H3,(H,18,21). The van der Waals surface area contributed by atoms with E-state index in [1.807, 2.05) is 20.0 Å². The molecule has 22 heavy (non-hydrogen) atoms. The van der Waals surface area contributed by atoms with Crippen molar-refractivity contribution in [2.75, 3.05) is 12.4 Å². The Hall–Kier alpha value is -2.96. The maximum atomic E-state index is 12.3. The van der Waals surface area contributed by atoms with Crippen LogP contribution in [-0.2, 0) is 7.05 Å². The van der Waals surface area contributed by atoms with Crippen molar-refractivity contribution in [2.24, 2.45) is 7.05 Å². The highest BCUT2D eigenvalue weighted by Gasteiger charge is 2.14. The number of amides is 1. The molecular formula is C15H15N5O2. The molecule has 0 radical (unpaired) electrons. The van der Waals surface area contributed by atoms with Gasteiger partial charge in [-0.05, 0) is 25.1 Å². The fraction of sp³-hybridized carbons (Fsp3) is 0.200. The molecule has 0 spiro atoms. The molecular weight excluding hydrogens is 282 g/mol. The van der Waals surface area contributed by atoms with Gasteiger partial charge in [0, 0.05) is 18.6 Å². The molecule has 0 aromatic carbocycles. The molecule has 3 rings (SSSR count). The molecule has 0 aliphatic carbocycles. The van der Waals surface area contributed by atoms with E-state index in [0.29, 0.717) is 11.3 Å². The average molecular weight is 297 g/mol. The fourth-order valence-corrected chi connectivity index (χ4v) is 2.30. The number of rotatable bonds is 3. The minimum absolute atomic E-state index is 0.284. The number of nitrogens with zero attached hydrogens (tertiary/aromatic N) is 4. The summed E-state index contributed by atoms with van der Waals surface area (Å²) in [5.74, 6) is -0.0146. The molecule has 0 atom stereocenters. The highest BCUT2D eigenvalue weighted by Crippen LogP contribution is 2.21. The van der Waals surface area contributed by atoms with E-state index in [1.165, 1.54) is 7.11 Å². The Kier molecular flexibility index (Phi) is 3.46. The summed E-state index contributed by atoms with van der Waals surface area (Å²) < 4.78 is 6.80. The van der Waals surface area contributed by atoms with Gasteiger partial charge in [-0.2, -0.15) is 5.10 Å². The van der Waals surface area contributed by atoms with Gasteiger partial charge in [0.2, 0.25) is 5.88 Å². The molecule has 3 aromatic rings. The number of hydrogen-bond donors (Lipinski definition) is 1. The molecule has 1 amide bonds. The quantitative estimate of drug-likeness (QED) is 0.799. The smallest absolute Gasteiger partial charge is 0.261 e. The molecule has 7 heteroatoms. The second-order valence-electron chi connectivity index (χ2n) is 4.82. The van der Waals surface area contributed by atoms with Crippen LogP contribution in [0.25, 0.3) is 11.0 Å². The summed E-state index contributed by atoms with van der Waals surface area (Å²) in [5, 5.41) is 8.01. The van der Waals surface area contributed by atoms with Crippen molar-refractivity contribution >= 4 is 22.6 Å². The number of carbonyl (C=O) groups excluding carboxylic acids is 1. The number of anilines is 1. The van der Waals surface area contributed by atoms with Gasteiger partial charge >= 0.3 is 0 Å². The average Bonchev–Trinajstić information content (AvgIpc) is 2.81. The Bertz CT molecular complexity index is 856. The van der Waals surface area contributed by atoms with Crippen LogP contribution in [0.1, 0.15) is 16.1 Å². The van der Waals surface area contributed by atoms with Crippen LogP contribution in [-0.4, -0.2) is 32.8 Å². The van der Waals surface area contributed by atoms with Crippen LogP contribution in [0.3, 0.4) is 0 Å². The van der Waals surface area contributed by atoms with Gasteiger partial charge in [0.1, 0.15) is 5.56 Å². The van der Waals surface area contributed by atoms with Crippen molar-refractivity contribution < 1.29 is 9.53 Å². The number of nitrogens with one attached hydrogen (secondary N) is 1. The predicted molar refractivity (Wildman–Crippen MR) is 82.0 cm³/mol. The minimum Gasteiger partial charge on any atom is -0.480 e. The number of carbonyl (C=O) groups is 1. The van der Waals surface area contributed by atoms with Crippen molar-refractivity contribution in [3.8, 4) is 5.88 Å². The Morgan fingerprint density at radius 3 is 2.95 bits per heavy atom. The van der Waals surface area contributed by atoms with Crippen molar-refractivity contribution in [1.82, 2.24) is 19.7 Å². The maximum Gasteiger partial charge on any atom is 0.261 e. The lowest BCUT2D eigenvalue weighted by atomic mass is 10.2. The summed E-state index contributed by atoms with van der Waals surface area (Å²) in [7, 11) is 3.31. The number of hydrogen-bond acceptors (Lipinski definition) is 5. The highest BCUT2D eigenvalue weighted by molar-refractivity contribution is 6.06. The first-order valence-corrected chi connectivity index (χ1v) is 6.70. The summed E-state index contributed by atoms with van der Waals surface area (Å²) >= 11 is 0. The van der Waals surface area contributed by atoms with Gasteiger partial charge in [0.15, 0.2) is 5.65 Å². The van der Waals surface area contributed by atoms with Gasteiger partial charge < -0.3 is 10.1 Å². The lowest BCUT2D eigenvalue weighted by Crippen LogP contribution is -2.14. The molecule has 0 saturated carbocycles. The normalized spacial score (nSPS) is 10.7. The van der Waals surface area contributed by atoms with E-state index in [-0.39, 0.29) is 11.8 Å². The number of ether oxygens (including phenoxy) is 1. The Labute approximate surface area is 127 Å². The lowest BCUT2D eigenvalue weighted by molar-refractivity contribution is 0.102. The fourth-order valence-electron chi connectivity index (χ4n) is 2.30. The van der Waals surface area contributed by atoms with Crippen molar-refractivity contribution in [2.45, 2.75) is 6.92 Å². The maximum absolute atomic E-state index is 12.3. The molecule has 0 aliphatic rings. The highest BCUT2D eigenvalue weighted by atomic mass is 16.5. The summed E-state index contributed by atoms with van der Waals surface area (Å²) in [5.41, 5.74) is 2.60. The molecule has 0 unspecified atom stereocenters. The van der Waals surface area contributed by atoms with Crippen LogP contribution in [0.5, 0.6) is 5.88 Å². The third kappa shape index (κ3) is 2.37. The van der Waals surface area contributed by atoms with Crippen molar-refractivity contribution in [3.63, 3.8) is 0 Å². The second kappa shape index (κ2) is 5.44. The van der Waals surface area contributed by atoms with E-state index >= 15 is 0 Å². The molecule has 112 valence electrons. The first-order valence-electron chi connectivity index (χ1n) is 6.70. The summed E-state index contributed by atoms with van der Waals surface area (Å²) in [6.07, 6.45) is 3.17. The molecule has 1 N–H and O–H groups in total. The molecule has 0 fully saturated rings. The SMILES string of the molecule is COc1ncccc1C(=O)Nc1cnc2c(c1)c(C)nn2C. The number of pyridine rings is 2. The van der Waals surface area contributed by atoms with Gasteiger partial charge in [-0.1, -0.05) is 0 Å². The zero-order chi connectivity index (χ0) is 15.7. The largest absolute Gasteiger partial charge is 0.480 e. The number of methoxy groups -OCH3 is 1. The van der Waals surface area contributed by atoms with E-state index in [2.05, 4.69) is 20.4 Å². The van der Waals surface area contributed by atoms with E-state index in [0.717, 1.165) is 16.7 Å². The predicted octanol–water partition coefficient (Wildman–Crippen LogP) is 1.93. The van der Waals surface area contributed by atoms with E-state index in [4.69, 9.17) is 4.74 Å². The monoisotopic (exact) mass is 297 g/mol. The van der Waals surface area contributed by atoms with E-state index in [1.54, 1.807) is 29.2 Å². The lowest BCUT2D eigenvalue weighted by Gasteiger charge is -2.08. The van der Waals surface area contributed by atoms with Crippen LogP contribution in [0.4, 0.5) is 5.69 Å². The number of aromatic nitrogens is 4. The minimum atomic E-state index is -0.298. The second-order valence-corrected chi connectivity index (χ2v) is 4.82. The van der Waals surface area contributed by atoms with Crippen LogP contribution < -0.4 is 10.1 Å². The van der Waals surface area contributed by atoms with Crippen LogP contribution in [0, 0.1) is 6.92 Å². The topological polar surface area (TPSA) is 81.9 Å². The number of aryl methyl sites for hydroxylation is 2. The third-order valence-corrected chi connectivity index (χ3v) is 3.33. The Balaban J connectivity index is 1.92. The Morgan fingerprint density at radius 1 is 1.36 bits per heavy atom. The molecule has 0 aliphatic heterocycles. The molecule has 7 nitrogen and oxygen atoms in total. The zero-order valence-corrected chi connectivity index (χ0v) is 12.5. The first-order chi connectivity index (χ1) is 10.6. The van der Waals surface area contributed by atoms with Gasteiger partial charge in [0.25, 0.3) is 5.91 Å².